The molecule has 0 saturated carbocycles. The van der Waals surface area contributed by atoms with Crippen molar-refractivity contribution in [3.05, 3.63) is 18.6 Å². The largest absolute Gasteiger partial charge is 0.299 e. The van der Waals surface area contributed by atoms with Crippen molar-refractivity contribution in [1.82, 2.24) is 0 Å². The molecule has 0 atom stereocenters. The van der Waals surface area contributed by atoms with Gasteiger partial charge in [0.05, 0.1) is 0 Å². The zero-order valence-electron chi connectivity index (χ0n) is 5.52. The van der Waals surface area contributed by atoms with E-state index >= 15 is 0 Å². The van der Waals surface area contributed by atoms with Gasteiger partial charge in [0.25, 0.3) is 0 Å². The molecule has 0 fully saturated rings. The fraction of sp³-hybridized carbons (Fsp3) is 0.500. The van der Waals surface area contributed by atoms with E-state index in [9.17, 15) is 4.79 Å². The monoisotopic (exact) mass is 123 g/mol. The molecule has 1 radical (unpaired) electrons. The number of hydrogen-bond acceptors (Lipinski definition) is 1. The lowest BCUT2D eigenvalue weighted by molar-refractivity contribution is -0.118. The lowest BCUT2D eigenvalue weighted by atomic mass is 10.1. The van der Waals surface area contributed by atoms with Crippen molar-refractivity contribution in [1.29, 1.82) is 0 Å². The number of carbonyl (C=O) groups excluding carboxylic acids is 1. The first-order valence-corrected chi connectivity index (χ1v) is 3.32. The first-order chi connectivity index (χ1) is 4.29. The van der Waals surface area contributed by atoms with Crippen molar-refractivity contribution >= 4 is 5.78 Å². The van der Waals surface area contributed by atoms with Gasteiger partial charge in [0.2, 0.25) is 0 Å². The summed E-state index contributed by atoms with van der Waals surface area (Å²) in [7, 11) is 0. The number of Topliss-reactive ketones (excluding diaryl/α,β-unsaturated/α-hetero) is 1. The molecule has 0 spiro atoms. The number of allylic oxidation sites excluding steroid dienone is 2. The van der Waals surface area contributed by atoms with Crippen molar-refractivity contribution in [3.63, 3.8) is 0 Å². The molecular weight excluding hydrogens is 112 g/mol. The van der Waals surface area contributed by atoms with Gasteiger partial charge in [-0.15, -0.1) is 0 Å². The fourth-order valence-electron chi connectivity index (χ4n) is 1.02. The number of hydrogen-bond donors (Lipinski definition) is 0. The van der Waals surface area contributed by atoms with Crippen molar-refractivity contribution in [2.45, 2.75) is 25.7 Å². The maximum atomic E-state index is 10.8. The summed E-state index contributed by atoms with van der Waals surface area (Å²) in [5.41, 5.74) is 0.998. The summed E-state index contributed by atoms with van der Waals surface area (Å²) < 4.78 is 0. The molecule has 1 rings (SSSR count). The van der Waals surface area contributed by atoms with E-state index in [0.717, 1.165) is 24.8 Å². The SMILES string of the molecule is [CH2]C1=CCCCC(=O)C1. The first-order valence-electron chi connectivity index (χ1n) is 3.32. The minimum atomic E-state index is 0.341. The Morgan fingerprint density at radius 2 is 2.33 bits per heavy atom. The predicted molar refractivity (Wildman–Crippen MR) is 36.9 cm³/mol. The van der Waals surface area contributed by atoms with Gasteiger partial charge in [-0.25, -0.2) is 0 Å². The summed E-state index contributed by atoms with van der Waals surface area (Å²) in [4.78, 5) is 10.8. The van der Waals surface area contributed by atoms with Gasteiger partial charge in [-0.1, -0.05) is 11.6 Å². The maximum absolute atomic E-state index is 10.8. The summed E-state index contributed by atoms with van der Waals surface area (Å²) in [5.74, 6) is 0.341. The average molecular weight is 123 g/mol. The highest BCUT2D eigenvalue weighted by molar-refractivity contribution is 5.81. The second-order valence-corrected chi connectivity index (χ2v) is 2.47. The van der Waals surface area contributed by atoms with Crippen molar-refractivity contribution in [2.75, 3.05) is 0 Å². The van der Waals surface area contributed by atoms with Crippen LogP contribution in [0.2, 0.25) is 0 Å². The summed E-state index contributed by atoms with van der Waals surface area (Å²) in [5, 5.41) is 0. The number of ketones is 1. The van der Waals surface area contributed by atoms with Crippen molar-refractivity contribution < 1.29 is 4.79 Å². The third-order valence-electron chi connectivity index (χ3n) is 1.52. The summed E-state index contributed by atoms with van der Waals surface area (Å²) >= 11 is 0. The van der Waals surface area contributed by atoms with Crippen LogP contribution in [0.15, 0.2) is 11.6 Å². The van der Waals surface area contributed by atoms with E-state index in [1.807, 2.05) is 0 Å². The Labute approximate surface area is 55.8 Å². The third kappa shape index (κ3) is 2.00. The Bertz CT molecular complexity index is 145. The molecule has 49 valence electrons. The molecule has 0 aromatic rings. The van der Waals surface area contributed by atoms with Crippen molar-refractivity contribution in [2.24, 2.45) is 0 Å². The van der Waals surface area contributed by atoms with Crippen LogP contribution in [-0.2, 0) is 4.79 Å². The van der Waals surface area contributed by atoms with Crippen LogP contribution >= 0.6 is 0 Å². The molecule has 0 N–H and O–H groups in total. The molecule has 0 amide bonds. The molecule has 1 aliphatic rings. The van der Waals surface area contributed by atoms with E-state index in [0.29, 0.717) is 12.2 Å². The zero-order valence-corrected chi connectivity index (χ0v) is 5.52. The highest BCUT2D eigenvalue weighted by Gasteiger charge is 2.05. The highest BCUT2D eigenvalue weighted by atomic mass is 16.1. The van der Waals surface area contributed by atoms with Crippen LogP contribution in [0.4, 0.5) is 0 Å². The average Bonchev–Trinajstić information content (AvgIpc) is 1.93. The second-order valence-electron chi connectivity index (χ2n) is 2.47. The first kappa shape index (κ1) is 6.53. The van der Waals surface area contributed by atoms with E-state index in [-0.39, 0.29) is 0 Å². The van der Waals surface area contributed by atoms with E-state index < -0.39 is 0 Å². The Morgan fingerprint density at radius 1 is 1.56 bits per heavy atom. The molecule has 9 heavy (non-hydrogen) atoms. The van der Waals surface area contributed by atoms with E-state index in [1.54, 1.807) is 0 Å². The normalized spacial score (nSPS) is 21.0. The smallest absolute Gasteiger partial charge is 0.136 e. The van der Waals surface area contributed by atoms with Gasteiger partial charge < -0.3 is 0 Å². The van der Waals surface area contributed by atoms with Gasteiger partial charge >= 0.3 is 0 Å². The van der Waals surface area contributed by atoms with E-state index in [2.05, 4.69) is 13.0 Å². The lowest BCUT2D eigenvalue weighted by Crippen LogP contribution is -1.94. The molecule has 0 unspecified atom stereocenters. The van der Waals surface area contributed by atoms with Crippen LogP contribution in [0.5, 0.6) is 0 Å². The highest BCUT2D eigenvalue weighted by Crippen LogP contribution is 2.12. The number of carbonyl (C=O) groups is 1. The van der Waals surface area contributed by atoms with Gasteiger partial charge in [-0.3, -0.25) is 4.79 Å². The third-order valence-corrected chi connectivity index (χ3v) is 1.52. The van der Waals surface area contributed by atoms with E-state index in [1.165, 1.54) is 0 Å². The Hall–Kier alpha value is -0.590. The molecule has 0 heterocycles. The molecule has 0 bridgehead atoms. The van der Waals surface area contributed by atoms with Gasteiger partial charge in [0.15, 0.2) is 0 Å². The van der Waals surface area contributed by atoms with Crippen LogP contribution in [0.1, 0.15) is 25.7 Å². The van der Waals surface area contributed by atoms with Crippen molar-refractivity contribution in [3.8, 4) is 0 Å². The molecular formula is C8H11O. The summed E-state index contributed by atoms with van der Waals surface area (Å²) in [6, 6.07) is 0. The molecule has 0 aromatic carbocycles. The fourth-order valence-corrected chi connectivity index (χ4v) is 1.02. The predicted octanol–water partition coefficient (Wildman–Crippen LogP) is 1.89. The molecule has 0 aromatic heterocycles. The Morgan fingerprint density at radius 3 is 3.11 bits per heavy atom. The second kappa shape index (κ2) is 2.81. The quantitative estimate of drug-likeness (QED) is 0.480. The Balaban J connectivity index is 2.54. The van der Waals surface area contributed by atoms with Crippen LogP contribution < -0.4 is 0 Å². The summed E-state index contributed by atoms with van der Waals surface area (Å²) in [6.45, 7) is 3.75. The van der Waals surface area contributed by atoms with Gasteiger partial charge in [-0.05, 0) is 19.8 Å². The van der Waals surface area contributed by atoms with Crippen LogP contribution in [-0.4, -0.2) is 5.78 Å². The zero-order chi connectivity index (χ0) is 6.69. The van der Waals surface area contributed by atoms with Crippen LogP contribution in [0.25, 0.3) is 0 Å². The van der Waals surface area contributed by atoms with Gasteiger partial charge in [0.1, 0.15) is 5.78 Å². The number of rotatable bonds is 0. The Kier molecular flexibility index (Phi) is 2.04. The molecule has 0 aliphatic heterocycles. The van der Waals surface area contributed by atoms with Crippen LogP contribution in [0, 0.1) is 6.92 Å². The maximum Gasteiger partial charge on any atom is 0.136 e. The molecule has 0 saturated heterocycles. The molecule has 1 heteroatoms. The minimum absolute atomic E-state index is 0.341. The standard InChI is InChI=1S/C8H11O/c1-7-4-2-3-5-8(9)6-7/h4H,1-3,5-6H2. The molecule has 1 aliphatic carbocycles. The van der Waals surface area contributed by atoms with Crippen LogP contribution in [0.3, 0.4) is 0 Å². The minimum Gasteiger partial charge on any atom is -0.299 e. The molecule has 1 nitrogen and oxygen atoms in total. The summed E-state index contributed by atoms with van der Waals surface area (Å²) in [6.07, 6.45) is 5.43. The lowest BCUT2D eigenvalue weighted by Gasteiger charge is -1.91. The van der Waals surface area contributed by atoms with Gasteiger partial charge in [-0.2, -0.15) is 0 Å². The van der Waals surface area contributed by atoms with E-state index in [4.69, 9.17) is 0 Å². The van der Waals surface area contributed by atoms with Gasteiger partial charge in [0, 0.05) is 12.8 Å². The topological polar surface area (TPSA) is 17.1 Å².